The van der Waals surface area contributed by atoms with Gasteiger partial charge in [-0.05, 0) is 0 Å². The number of hydrogen-bond donors (Lipinski definition) is 0. The van der Waals surface area contributed by atoms with Gasteiger partial charge in [0.1, 0.15) is 0 Å². The smallest absolute Gasteiger partial charge is 0.160 e. The Balaban J connectivity index is 3.50. The van der Waals surface area contributed by atoms with Gasteiger partial charge in [-0.25, -0.2) is 0 Å². The molecule has 0 aliphatic carbocycles. The van der Waals surface area contributed by atoms with Gasteiger partial charge in [-0.15, -0.1) is 6.26 Å². The minimum Gasteiger partial charge on any atom is -0.877 e. The maximum absolute atomic E-state index is 9.34. The molecule has 34 valence electrons. The molecule has 0 aliphatic heterocycles. The van der Waals surface area contributed by atoms with E-state index in [0.717, 1.165) is 0 Å². The van der Waals surface area contributed by atoms with Gasteiger partial charge in [-0.1, -0.05) is 11.6 Å². The Morgan fingerprint density at radius 2 is 2.33 bits per heavy atom. The van der Waals surface area contributed by atoms with Crippen LogP contribution in [-0.4, -0.2) is 6.29 Å². The topological polar surface area (TPSA) is 40.1 Å². The van der Waals surface area contributed by atoms with Crippen molar-refractivity contribution in [3.05, 3.63) is 11.3 Å². The van der Waals surface area contributed by atoms with Crippen LogP contribution in [0.4, 0.5) is 0 Å². The molecule has 0 heterocycles. The molecule has 0 aromatic rings. The number of halogens is 1. The van der Waals surface area contributed by atoms with Gasteiger partial charge in [0.15, 0.2) is 6.29 Å². The van der Waals surface area contributed by atoms with E-state index in [1.54, 1.807) is 0 Å². The lowest BCUT2D eigenvalue weighted by Gasteiger charge is -1.84. The van der Waals surface area contributed by atoms with Crippen molar-refractivity contribution >= 4 is 17.9 Å². The van der Waals surface area contributed by atoms with Crippen LogP contribution in [0.5, 0.6) is 0 Å². The molecule has 6 heavy (non-hydrogen) atoms. The van der Waals surface area contributed by atoms with Gasteiger partial charge in [0, 0.05) is 0 Å². The average molecular weight is 105 g/mol. The van der Waals surface area contributed by atoms with Gasteiger partial charge >= 0.3 is 0 Å². The monoisotopic (exact) mass is 105 g/mol. The van der Waals surface area contributed by atoms with Crippen LogP contribution in [-0.2, 0) is 4.79 Å². The number of rotatable bonds is 1. The highest BCUT2D eigenvalue weighted by Crippen LogP contribution is 1.88. The van der Waals surface area contributed by atoms with Gasteiger partial charge in [-0.3, -0.25) is 4.79 Å². The fourth-order valence-electron chi connectivity index (χ4n) is 0.0278. The van der Waals surface area contributed by atoms with E-state index < -0.39 is 0 Å². The molecule has 0 aromatic heterocycles. The van der Waals surface area contributed by atoms with Crippen LogP contribution in [0.3, 0.4) is 0 Å². The predicted molar refractivity (Wildman–Crippen MR) is 20.0 cm³/mol. The first kappa shape index (κ1) is 5.50. The Hall–Kier alpha value is -0.500. The summed E-state index contributed by atoms with van der Waals surface area (Å²) in [6.07, 6.45) is 0.573. The minimum atomic E-state index is -0.296. The Bertz CT molecular complexity index is 76.9. The molecule has 0 saturated heterocycles. The van der Waals surface area contributed by atoms with Gasteiger partial charge in [-0.2, -0.15) is 0 Å². The lowest BCUT2D eigenvalue weighted by molar-refractivity contribution is -0.275. The van der Waals surface area contributed by atoms with Crippen molar-refractivity contribution in [1.29, 1.82) is 0 Å². The van der Waals surface area contributed by atoms with E-state index in [-0.39, 0.29) is 17.6 Å². The lowest BCUT2D eigenvalue weighted by atomic mass is 10.7. The Kier molecular flexibility index (Phi) is 2.50. The first-order valence-electron chi connectivity index (χ1n) is 1.24. The molecule has 0 aromatic carbocycles. The molecule has 0 saturated carbocycles. The molecular weight excluding hydrogens is 103 g/mol. The third-order valence-corrected chi connectivity index (χ3v) is 0.403. The first-order chi connectivity index (χ1) is 2.81. The number of aldehydes is 1. The Morgan fingerprint density at radius 1 is 1.83 bits per heavy atom. The van der Waals surface area contributed by atoms with Crippen LogP contribution in [0.1, 0.15) is 0 Å². The lowest BCUT2D eigenvalue weighted by Crippen LogP contribution is -1.87. The summed E-state index contributed by atoms with van der Waals surface area (Å²) in [4.78, 5) is 9.34. The predicted octanol–water partition coefficient (Wildman–Crippen LogP) is -0.374. The summed E-state index contributed by atoms with van der Waals surface area (Å²) in [5.74, 6) is 0. The third kappa shape index (κ3) is 1.79. The quantitative estimate of drug-likeness (QED) is 0.259. The summed E-state index contributed by atoms with van der Waals surface area (Å²) in [5.41, 5.74) is 0. The van der Waals surface area contributed by atoms with Crippen molar-refractivity contribution in [3.63, 3.8) is 0 Å². The van der Waals surface area contributed by atoms with E-state index in [2.05, 4.69) is 0 Å². The first-order valence-corrected chi connectivity index (χ1v) is 1.62. The molecule has 0 N–H and O–H groups in total. The highest BCUT2D eigenvalue weighted by molar-refractivity contribution is 6.38. The third-order valence-electron chi connectivity index (χ3n) is 0.225. The summed E-state index contributed by atoms with van der Waals surface area (Å²) in [5, 5.41) is 9.04. The fourth-order valence-corrected chi connectivity index (χ4v) is 0.0278. The summed E-state index contributed by atoms with van der Waals surface area (Å²) in [6.45, 7) is 0. The second kappa shape index (κ2) is 2.72. The molecular formula is C3H2ClO2-. The van der Waals surface area contributed by atoms with Crippen LogP contribution in [0.15, 0.2) is 11.3 Å². The molecule has 0 amide bonds. The largest absolute Gasteiger partial charge is 0.877 e. The van der Waals surface area contributed by atoms with Gasteiger partial charge in [0.05, 0.1) is 5.03 Å². The zero-order chi connectivity index (χ0) is 4.99. The second-order valence-corrected chi connectivity index (χ2v) is 1.06. The zero-order valence-corrected chi connectivity index (χ0v) is 3.61. The Morgan fingerprint density at radius 3 is 2.33 bits per heavy atom. The van der Waals surface area contributed by atoms with Crippen molar-refractivity contribution in [1.82, 2.24) is 0 Å². The molecule has 0 spiro atoms. The van der Waals surface area contributed by atoms with E-state index in [1.807, 2.05) is 0 Å². The van der Waals surface area contributed by atoms with E-state index in [9.17, 15) is 9.90 Å². The molecule has 0 bridgehead atoms. The van der Waals surface area contributed by atoms with E-state index >= 15 is 0 Å². The maximum Gasteiger partial charge on any atom is 0.160 e. The molecule has 0 rings (SSSR count). The highest BCUT2D eigenvalue weighted by atomic mass is 35.5. The molecule has 3 heteroatoms. The number of hydrogen-bond acceptors (Lipinski definition) is 2. The molecule has 0 fully saturated rings. The second-order valence-electron chi connectivity index (χ2n) is 0.621. The molecule has 0 unspecified atom stereocenters. The zero-order valence-electron chi connectivity index (χ0n) is 2.85. The van der Waals surface area contributed by atoms with Gasteiger partial charge in [0.25, 0.3) is 0 Å². The molecule has 0 aliphatic rings. The maximum atomic E-state index is 9.34. The van der Waals surface area contributed by atoms with Crippen LogP contribution in [0.25, 0.3) is 0 Å². The van der Waals surface area contributed by atoms with Crippen LogP contribution in [0.2, 0.25) is 0 Å². The van der Waals surface area contributed by atoms with Crippen LogP contribution in [0, 0.1) is 0 Å². The normalized spacial score (nSPS) is 11.2. The van der Waals surface area contributed by atoms with E-state index in [0.29, 0.717) is 0 Å². The van der Waals surface area contributed by atoms with E-state index in [4.69, 9.17) is 11.6 Å². The molecule has 0 atom stereocenters. The summed E-state index contributed by atoms with van der Waals surface area (Å²) < 4.78 is 0. The SMILES string of the molecule is O=C/C(Cl)=C\[O-]. The number of carbonyl (C=O) groups is 1. The van der Waals surface area contributed by atoms with Crippen molar-refractivity contribution in [2.45, 2.75) is 0 Å². The summed E-state index contributed by atoms with van der Waals surface area (Å²) in [6, 6.07) is 0. The Labute approximate surface area is 40.0 Å². The van der Waals surface area contributed by atoms with Crippen molar-refractivity contribution in [3.8, 4) is 0 Å². The van der Waals surface area contributed by atoms with Crippen molar-refractivity contribution in [2.24, 2.45) is 0 Å². The van der Waals surface area contributed by atoms with Crippen molar-refractivity contribution < 1.29 is 9.90 Å². The van der Waals surface area contributed by atoms with Crippen LogP contribution >= 0.6 is 11.6 Å². The van der Waals surface area contributed by atoms with Crippen LogP contribution < -0.4 is 5.11 Å². The summed E-state index contributed by atoms with van der Waals surface area (Å²) >= 11 is 4.83. The van der Waals surface area contributed by atoms with Gasteiger partial charge in [0.2, 0.25) is 0 Å². The van der Waals surface area contributed by atoms with Gasteiger partial charge < -0.3 is 5.11 Å². The minimum absolute atomic E-state index is 0.286. The molecule has 2 nitrogen and oxygen atoms in total. The molecule has 0 radical (unpaired) electrons. The fraction of sp³-hybridized carbons (Fsp3) is 0. The average Bonchev–Trinajstić information content (AvgIpc) is 1.65. The summed E-state index contributed by atoms with van der Waals surface area (Å²) in [7, 11) is 0. The number of allylic oxidation sites excluding steroid dienone is 1. The standard InChI is InChI=1S/C3H3ClO2/c4-3(1-5)2-6/h1-2,5H/p-1/b3-1+. The highest BCUT2D eigenvalue weighted by Gasteiger charge is 1.72. The number of carbonyl (C=O) groups excluding carboxylic acids is 1. The van der Waals surface area contributed by atoms with Crippen molar-refractivity contribution in [2.75, 3.05) is 0 Å². The van der Waals surface area contributed by atoms with E-state index in [1.165, 1.54) is 0 Å².